The number of anilines is 1. The van der Waals surface area contributed by atoms with Gasteiger partial charge < -0.3 is 25.2 Å². The number of rotatable bonds is 4. The highest BCUT2D eigenvalue weighted by molar-refractivity contribution is 6.35. The number of carbonyl (C=O) groups is 2. The zero-order valence-electron chi connectivity index (χ0n) is 24.8. The molecule has 11 nitrogen and oxygen atoms in total. The molecule has 3 aliphatic rings. The number of halogens is 5. The first-order chi connectivity index (χ1) is 21.2. The Morgan fingerprint density at radius 3 is 2.64 bits per heavy atom. The summed E-state index contributed by atoms with van der Waals surface area (Å²) in [5, 5.41) is 3.34. The van der Waals surface area contributed by atoms with Gasteiger partial charge in [-0.2, -0.15) is 27.2 Å². The summed E-state index contributed by atoms with van der Waals surface area (Å²) in [6, 6.07) is 1.78. The van der Waals surface area contributed by atoms with Gasteiger partial charge in [0.15, 0.2) is 5.75 Å². The van der Waals surface area contributed by atoms with E-state index < -0.39 is 41.0 Å². The number of nitrogen functional groups attached to an aromatic ring is 1. The summed E-state index contributed by atoms with van der Waals surface area (Å²) in [5.41, 5.74) is 4.24. The zero-order chi connectivity index (χ0) is 32.4. The van der Waals surface area contributed by atoms with E-state index >= 15 is 0 Å². The number of ether oxygens (including phenoxy) is 1. The van der Waals surface area contributed by atoms with Crippen molar-refractivity contribution >= 4 is 29.4 Å². The molecule has 2 saturated heterocycles. The van der Waals surface area contributed by atoms with Crippen molar-refractivity contribution in [2.45, 2.75) is 50.4 Å². The van der Waals surface area contributed by atoms with Gasteiger partial charge in [0.2, 0.25) is 0 Å². The molecule has 0 bridgehead atoms. The van der Waals surface area contributed by atoms with Crippen LogP contribution in [-0.2, 0) is 12.6 Å². The third-order valence-electron chi connectivity index (χ3n) is 8.91. The molecule has 45 heavy (non-hydrogen) atoms. The quantitative estimate of drug-likeness (QED) is 0.416. The normalized spacial score (nSPS) is 21.4. The topological polar surface area (TPSA) is 123 Å². The van der Waals surface area contributed by atoms with E-state index in [0.29, 0.717) is 37.9 Å². The molecule has 5 heterocycles. The fourth-order valence-corrected chi connectivity index (χ4v) is 6.97. The molecule has 2 aromatic heterocycles. The predicted molar refractivity (Wildman–Crippen MR) is 155 cm³/mol. The van der Waals surface area contributed by atoms with Gasteiger partial charge in [-0.25, -0.2) is 9.78 Å². The lowest BCUT2D eigenvalue weighted by molar-refractivity contribution is -0.137. The largest absolute Gasteiger partial charge is 0.489 e. The number of aryl methyl sites for hydroxylation is 1. The molecule has 2 fully saturated rings. The van der Waals surface area contributed by atoms with E-state index in [1.54, 1.807) is 9.80 Å². The molecule has 0 aliphatic carbocycles. The Morgan fingerprint density at radius 2 is 2.02 bits per heavy atom. The molecule has 1 spiro atoms. The number of nitrogens with two attached hydrogens (primary N) is 1. The van der Waals surface area contributed by atoms with E-state index in [1.807, 2.05) is 19.0 Å². The van der Waals surface area contributed by atoms with E-state index in [1.165, 1.54) is 13.0 Å². The molecule has 2 unspecified atom stereocenters. The molecule has 0 radical (unpaired) electrons. The van der Waals surface area contributed by atoms with Crippen molar-refractivity contribution < 1.29 is 31.9 Å². The third-order valence-corrected chi connectivity index (χ3v) is 9.27. The molecule has 2 amide bonds. The van der Waals surface area contributed by atoms with Gasteiger partial charge in [0, 0.05) is 25.2 Å². The van der Waals surface area contributed by atoms with Crippen LogP contribution in [0.5, 0.6) is 5.75 Å². The average Bonchev–Trinajstić information content (AvgIpc) is 3.33. The van der Waals surface area contributed by atoms with Crippen molar-refractivity contribution in [2.24, 2.45) is 0 Å². The Kier molecular flexibility index (Phi) is 7.67. The molecule has 6 rings (SSSR count). The van der Waals surface area contributed by atoms with Crippen molar-refractivity contribution in [3.63, 3.8) is 0 Å². The standard InChI is InChI=1S/C29H31ClF4N8O3/c1-15-10-19(35)37-23(21(15)29(32,33)34)20-16(5-8-39(2)3)11-18-24(22(20)30)45-12-17-4-6-28(13-40(17)25(18)43)7-9-41(28)27(44)42-14-36-26(31)38-42/h10-11,14,17H,4-9,12-13H2,1-3H3,(H2,35,37). The Bertz CT molecular complexity index is 1700. The Morgan fingerprint density at radius 1 is 1.27 bits per heavy atom. The number of fused-ring (bicyclic) bond motifs is 2. The minimum atomic E-state index is -4.76. The zero-order valence-corrected chi connectivity index (χ0v) is 25.5. The van der Waals surface area contributed by atoms with E-state index in [0.717, 1.165) is 17.1 Å². The molecule has 3 aromatic rings. The number of hydrogen-bond donors (Lipinski definition) is 1. The number of benzene rings is 1. The monoisotopic (exact) mass is 650 g/mol. The van der Waals surface area contributed by atoms with E-state index in [9.17, 15) is 27.2 Å². The molecule has 240 valence electrons. The van der Waals surface area contributed by atoms with Crippen molar-refractivity contribution in [1.29, 1.82) is 0 Å². The molecule has 0 saturated carbocycles. The number of nitrogens with zero attached hydrogens (tertiary/aromatic N) is 7. The number of likely N-dealkylation sites (tertiary alicyclic amines) is 1. The lowest BCUT2D eigenvalue weighted by atomic mass is 9.76. The molecule has 2 N–H and O–H groups in total. The maximum absolute atomic E-state index is 14.4. The Labute approximate surface area is 260 Å². The first kappa shape index (κ1) is 31.0. The van der Waals surface area contributed by atoms with Crippen LogP contribution in [0.1, 0.15) is 46.3 Å². The Hall–Kier alpha value is -3.98. The molecular formula is C29H31ClF4N8O3. The second-order valence-electron chi connectivity index (χ2n) is 12.0. The van der Waals surface area contributed by atoms with E-state index in [-0.39, 0.29) is 58.9 Å². The van der Waals surface area contributed by atoms with Crippen molar-refractivity contribution in [3.8, 4) is 17.0 Å². The fraction of sp³-hybridized carbons (Fsp3) is 0.483. The number of carbonyl (C=O) groups excluding carboxylic acids is 2. The van der Waals surface area contributed by atoms with Gasteiger partial charge in [0.25, 0.3) is 5.91 Å². The molecule has 2 atom stereocenters. The molecule has 16 heteroatoms. The molecular weight excluding hydrogens is 620 g/mol. The predicted octanol–water partition coefficient (Wildman–Crippen LogP) is 4.26. The third kappa shape index (κ3) is 5.35. The Balaban J connectivity index is 1.42. The summed E-state index contributed by atoms with van der Waals surface area (Å²) < 4.78 is 63.6. The summed E-state index contributed by atoms with van der Waals surface area (Å²) in [5.74, 6) is -0.541. The lowest BCUT2D eigenvalue weighted by Gasteiger charge is -2.57. The van der Waals surface area contributed by atoms with Crippen LogP contribution in [0.4, 0.5) is 28.2 Å². The molecule has 1 aromatic carbocycles. The second kappa shape index (κ2) is 11.1. The highest BCUT2D eigenvalue weighted by Crippen LogP contribution is 2.49. The highest BCUT2D eigenvalue weighted by Gasteiger charge is 2.54. The fourth-order valence-electron chi connectivity index (χ4n) is 6.60. The van der Waals surface area contributed by atoms with Gasteiger partial charge in [-0.3, -0.25) is 4.79 Å². The van der Waals surface area contributed by atoms with Gasteiger partial charge in [0.1, 0.15) is 18.8 Å². The van der Waals surface area contributed by atoms with Gasteiger partial charge >= 0.3 is 18.3 Å². The summed E-state index contributed by atoms with van der Waals surface area (Å²) in [6.07, 6.45) is -2.87. The van der Waals surface area contributed by atoms with Crippen LogP contribution in [0.15, 0.2) is 18.5 Å². The van der Waals surface area contributed by atoms with Gasteiger partial charge in [0.05, 0.1) is 33.4 Å². The van der Waals surface area contributed by atoms with Crippen LogP contribution in [0.25, 0.3) is 11.3 Å². The highest BCUT2D eigenvalue weighted by atomic mass is 35.5. The average molecular weight is 651 g/mol. The van der Waals surface area contributed by atoms with Crippen LogP contribution in [0.2, 0.25) is 5.02 Å². The van der Waals surface area contributed by atoms with Crippen molar-refractivity contribution in [1.82, 2.24) is 34.4 Å². The van der Waals surface area contributed by atoms with E-state index in [4.69, 9.17) is 22.1 Å². The number of amides is 2. The summed E-state index contributed by atoms with van der Waals surface area (Å²) >= 11 is 6.92. The maximum atomic E-state index is 14.4. The number of alkyl halides is 3. The summed E-state index contributed by atoms with van der Waals surface area (Å²) in [6.45, 7) is 2.38. The lowest BCUT2D eigenvalue weighted by Crippen LogP contribution is -2.71. The minimum absolute atomic E-state index is 0.0139. The first-order valence-corrected chi connectivity index (χ1v) is 14.8. The van der Waals surface area contributed by atoms with Crippen molar-refractivity contribution in [2.75, 3.05) is 46.1 Å². The van der Waals surface area contributed by atoms with Crippen molar-refractivity contribution in [3.05, 3.63) is 51.8 Å². The van der Waals surface area contributed by atoms with Gasteiger partial charge in [-0.05, 0) is 70.0 Å². The second-order valence-corrected chi connectivity index (χ2v) is 12.4. The minimum Gasteiger partial charge on any atom is -0.489 e. The summed E-state index contributed by atoms with van der Waals surface area (Å²) in [7, 11) is 3.64. The number of likely N-dealkylation sites (N-methyl/N-ethyl adjacent to an activating group) is 1. The first-order valence-electron chi connectivity index (χ1n) is 14.4. The van der Waals surface area contributed by atoms with Crippen LogP contribution >= 0.6 is 11.6 Å². The number of hydrogen-bond acceptors (Lipinski definition) is 8. The number of pyridine rings is 1. The van der Waals surface area contributed by atoms with Crippen LogP contribution in [0.3, 0.4) is 0 Å². The van der Waals surface area contributed by atoms with Gasteiger partial charge in [-0.1, -0.05) is 11.6 Å². The molecule has 3 aliphatic heterocycles. The summed E-state index contributed by atoms with van der Waals surface area (Å²) in [4.78, 5) is 40.0. The van der Waals surface area contributed by atoms with E-state index in [2.05, 4.69) is 15.1 Å². The maximum Gasteiger partial charge on any atom is 0.418 e. The smallest absolute Gasteiger partial charge is 0.418 e. The van der Waals surface area contributed by atoms with Crippen LogP contribution in [0, 0.1) is 13.0 Å². The van der Waals surface area contributed by atoms with Gasteiger partial charge in [-0.15, -0.1) is 5.10 Å². The number of aromatic nitrogens is 4. The van der Waals surface area contributed by atoms with Crippen LogP contribution < -0.4 is 10.5 Å². The number of piperidine rings is 1. The SMILES string of the molecule is Cc1cc(N)nc(-c2c(CCN(C)C)cc3c(c2Cl)OCC2CCC4(CCN4C(=O)n4cnc(F)n4)CN2C3=O)c1C(F)(F)F. The van der Waals surface area contributed by atoms with Crippen LogP contribution in [-0.4, -0.2) is 98.3 Å².